The maximum Gasteiger partial charge on any atom is 0.271 e. The molecule has 5 rings (SSSR count). The van der Waals surface area contributed by atoms with E-state index in [1.54, 1.807) is 42.4 Å². The number of hydrogen-bond donors (Lipinski definition) is 1. The highest BCUT2D eigenvalue weighted by Crippen LogP contribution is 2.34. The van der Waals surface area contributed by atoms with Crippen LogP contribution in [-0.4, -0.2) is 32.9 Å². The fraction of sp³-hybridized carbons (Fsp3) is 0.385. The third kappa shape index (κ3) is 3.96. The van der Waals surface area contributed by atoms with E-state index >= 15 is 0 Å². The van der Waals surface area contributed by atoms with Crippen molar-refractivity contribution in [3.05, 3.63) is 71.9 Å². The smallest absolute Gasteiger partial charge is 0.271 e. The van der Waals surface area contributed by atoms with Gasteiger partial charge >= 0.3 is 0 Å². The van der Waals surface area contributed by atoms with Crippen LogP contribution in [-0.2, 0) is 17.9 Å². The number of hydrogen-bond acceptors (Lipinski definition) is 3. The minimum atomic E-state index is -1.14. The molecule has 0 spiro atoms. The number of rotatable bonds is 5. The third-order valence-corrected chi connectivity index (χ3v) is 6.94. The third-order valence-electron chi connectivity index (χ3n) is 6.94. The molecular weight excluding hydrogens is 421 g/mol. The lowest BCUT2D eigenvalue weighted by Gasteiger charge is -2.45. The summed E-state index contributed by atoms with van der Waals surface area (Å²) in [4.78, 5) is 29.0. The molecule has 1 N–H and O–H groups in total. The molecule has 1 aromatic carbocycles. The monoisotopic (exact) mass is 449 g/mol. The highest BCUT2D eigenvalue weighted by atomic mass is 19.1. The number of nitrogens with zero attached hydrogens (tertiary/aromatic N) is 2. The molecule has 172 valence electrons. The number of carbonyl (C=O) groups is 2. The van der Waals surface area contributed by atoms with Crippen LogP contribution in [0, 0.1) is 5.82 Å². The average molecular weight is 450 g/mol. The first-order valence-corrected chi connectivity index (χ1v) is 11.6. The summed E-state index contributed by atoms with van der Waals surface area (Å²) in [6.07, 6.45) is 6.87. The zero-order valence-electron chi connectivity index (χ0n) is 18.7. The van der Waals surface area contributed by atoms with E-state index in [0.717, 1.165) is 31.4 Å². The summed E-state index contributed by atoms with van der Waals surface area (Å²) >= 11 is 0. The Hall–Kier alpha value is -3.35. The minimum Gasteiger partial charge on any atom is -0.463 e. The maximum atomic E-state index is 13.9. The average Bonchev–Trinajstić information content (AvgIpc) is 3.47. The number of amides is 2. The fourth-order valence-corrected chi connectivity index (χ4v) is 5.07. The summed E-state index contributed by atoms with van der Waals surface area (Å²) in [5, 5.41) is 3.21. The van der Waals surface area contributed by atoms with Crippen LogP contribution in [0.4, 0.5) is 4.39 Å². The Morgan fingerprint density at radius 1 is 1.12 bits per heavy atom. The zero-order chi connectivity index (χ0) is 23.0. The SMILES string of the molecule is C[C@]1(C(=O)NC2CCCCC2)Cn2c(ccc2-c2ccco2)C(=O)N1Cc1cccc(F)c1. The summed E-state index contributed by atoms with van der Waals surface area (Å²) < 4.78 is 21.3. The second-order valence-electron chi connectivity index (χ2n) is 9.27. The Morgan fingerprint density at radius 3 is 2.64 bits per heavy atom. The van der Waals surface area contributed by atoms with E-state index in [9.17, 15) is 14.0 Å². The van der Waals surface area contributed by atoms with Crippen molar-refractivity contribution in [1.29, 1.82) is 0 Å². The normalized spacial score (nSPS) is 21.2. The van der Waals surface area contributed by atoms with Gasteiger partial charge < -0.3 is 19.2 Å². The molecule has 3 heterocycles. The molecule has 1 saturated carbocycles. The van der Waals surface area contributed by atoms with Gasteiger partial charge in [0.1, 0.15) is 22.8 Å². The number of carbonyl (C=O) groups excluding carboxylic acids is 2. The van der Waals surface area contributed by atoms with Crippen molar-refractivity contribution in [2.24, 2.45) is 0 Å². The number of halogens is 1. The van der Waals surface area contributed by atoms with E-state index < -0.39 is 5.54 Å². The highest BCUT2D eigenvalue weighted by Gasteiger charge is 2.48. The molecule has 0 unspecified atom stereocenters. The lowest BCUT2D eigenvalue weighted by Crippen LogP contribution is -2.64. The molecule has 3 aromatic rings. The molecule has 1 atom stereocenters. The first-order valence-electron chi connectivity index (χ1n) is 11.6. The van der Waals surface area contributed by atoms with E-state index in [0.29, 0.717) is 17.0 Å². The summed E-state index contributed by atoms with van der Waals surface area (Å²) in [5.41, 5.74) is 0.742. The van der Waals surface area contributed by atoms with Gasteiger partial charge in [-0.15, -0.1) is 0 Å². The first-order chi connectivity index (χ1) is 16.0. The van der Waals surface area contributed by atoms with Crippen molar-refractivity contribution in [3.63, 3.8) is 0 Å². The van der Waals surface area contributed by atoms with Crippen molar-refractivity contribution in [2.45, 2.75) is 63.7 Å². The maximum absolute atomic E-state index is 13.9. The summed E-state index contributed by atoms with van der Waals surface area (Å²) in [7, 11) is 0. The molecular formula is C26H28FN3O3. The van der Waals surface area contributed by atoms with Gasteiger partial charge in [0.25, 0.3) is 5.91 Å². The topological polar surface area (TPSA) is 67.5 Å². The Bertz CT molecular complexity index is 1160. The van der Waals surface area contributed by atoms with E-state index in [-0.39, 0.29) is 36.8 Å². The van der Waals surface area contributed by atoms with Crippen LogP contribution >= 0.6 is 0 Å². The van der Waals surface area contributed by atoms with E-state index in [2.05, 4.69) is 5.32 Å². The predicted molar refractivity (Wildman–Crippen MR) is 122 cm³/mol. The summed E-state index contributed by atoms with van der Waals surface area (Å²) in [6, 6.07) is 13.5. The Labute approximate surface area is 192 Å². The van der Waals surface area contributed by atoms with Gasteiger partial charge in [-0.3, -0.25) is 9.59 Å². The molecule has 2 aliphatic rings. The Morgan fingerprint density at radius 2 is 1.91 bits per heavy atom. The van der Waals surface area contributed by atoms with Gasteiger partial charge in [0.05, 0.1) is 18.5 Å². The minimum absolute atomic E-state index is 0.116. The second kappa shape index (κ2) is 8.54. The predicted octanol–water partition coefficient (Wildman–Crippen LogP) is 4.75. The molecule has 1 aliphatic heterocycles. The van der Waals surface area contributed by atoms with Gasteiger partial charge in [-0.05, 0) is 61.7 Å². The van der Waals surface area contributed by atoms with Gasteiger partial charge in [-0.1, -0.05) is 31.4 Å². The van der Waals surface area contributed by atoms with Gasteiger partial charge in [0.2, 0.25) is 5.91 Å². The number of nitrogens with one attached hydrogen (secondary N) is 1. The van der Waals surface area contributed by atoms with Gasteiger partial charge in [-0.2, -0.15) is 0 Å². The number of furan rings is 1. The van der Waals surface area contributed by atoms with Crippen molar-refractivity contribution in [3.8, 4) is 11.5 Å². The highest BCUT2D eigenvalue weighted by molar-refractivity contribution is 6.00. The molecule has 0 radical (unpaired) electrons. The van der Waals surface area contributed by atoms with Crippen LogP contribution in [0.5, 0.6) is 0 Å². The number of benzene rings is 1. The second-order valence-corrected chi connectivity index (χ2v) is 9.27. The van der Waals surface area contributed by atoms with Crippen molar-refractivity contribution in [2.75, 3.05) is 0 Å². The molecule has 1 aliphatic carbocycles. The molecule has 6 nitrogen and oxygen atoms in total. The lowest BCUT2D eigenvalue weighted by molar-refractivity contribution is -0.134. The Balaban J connectivity index is 1.53. The molecule has 0 bridgehead atoms. The quantitative estimate of drug-likeness (QED) is 0.611. The van der Waals surface area contributed by atoms with Crippen LogP contribution < -0.4 is 5.32 Å². The van der Waals surface area contributed by atoms with E-state index in [1.807, 2.05) is 16.7 Å². The van der Waals surface area contributed by atoms with Gasteiger partial charge in [0, 0.05) is 12.6 Å². The number of fused-ring (bicyclic) bond motifs is 1. The fourth-order valence-electron chi connectivity index (χ4n) is 5.07. The van der Waals surface area contributed by atoms with Crippen molar-refractivity contribution in [1.82, 2.24) is 14.8 Å². The largest absolute Gasteiger partial charge is 0.463 e. The van der Waals surface area contributed by atoms with Crippen molar-refractivity contribution < 1.29 is 18.4 Å². The van der Waals surface area contributed by atoms with E-state index in [1.165, 1.54) is 18.6 Å². The molecule has 1 fully saturated rings. The van der Waals surface area contributed by atoms with Crippen LogP contribution in [0.25, 0.3) is 11.5 Å². The van der Waals surface area contributed by atoms with Crippen LogP contribution in [0.15, 0.2) is 59.2 Å². The molecule has 7 heteroatoms. The Kier molecular flexibility index (Phi) is 5.56. The van der Waals surface area contributed by atoms with Gasteiger partial charge in [-0.25, -0.2) is 4.39 Å². The molecule has 2 aromatic heterocycles. The standard InChI is InChI=1S/C26H28FN3O3/c1-26(25(32)28-20-9-3-2-4-10-20)17-29-21(23-11-6-14-33-23)12-13-22(29)24(31)30(26)16-18-7-5-8-19(27)15-18/h5-8,11-15,20H,2-4,9-10,16-17H2,1H3,(H,28,32)/t26-/m1/s1. The first kappa shape index (κ1) is 21.5. The zero-order valence-corrected chi connectivity index (χ0v) is 18.7. The van der Waals surface area contributed by atoms with Crippen LogP contribution in [0.1, 0.15) is 55.1 Å². The summed E-state index contributed by atoms with van der Waals surface area (Å²) in [6.45, 7) is 2.23. The number of aromatic nitrogens is 1. The van der Waals surface area contributed by atoms with E-state index in [4.69, 9.17) is 4.42 Å². The molecule has 2 amide bonds. The molecule has 0 saturated heterocycles. The van der Waals surface area contributed by atoms with Crippen LogP contribution in [0.3, 0.4) is 0 Å². The lowest BCUT2D eigenvalue weighted by atomic mass is 9.91. The van der Waals surface area contributed by atoms with Crippen molar-refractivity contribution >= 4 is 11.8 Å². The van der Waals surface area contributed by atoms with Gasteiger partial charge in [0.15, 0.2) is 0 Å². The van der Waals surface area contributed by atoms with Crippen LogP contribution in [0.2, 0.25) is 0 Å². The molecule has 33 heavy (non-hydrogen) atoms. The summed E-state index contributed by atoms with van der Waals surface area (Å²) in [5.74, 6) is -0.162.